The molecule has 0 bridgehead atoms. The van der Waals surface area contributed by atoms with Crippen molar-refractivity contribution in [3.8, 4) is 0 Å². The molecule has 0 atom stereocenters. The van der Waals surface area contributed by atoms with Crippen LogP contribution in [0.3, 0.4) is 0 Å². The van der Waals surface area contributed by atoms with Crippen LogP contribution < -0.4 is 4.72 Å². The Kier molecular flexibility index (Phi) is 8.78. The van der Waals surface area contributed by atoms with E-state index in [0.717, 1.165) is 0 Å². The van der Waals surface area contributed by atoms with Crippen molar-refractivity contribution in [2.75, 3.05) is 46.5 Å². The standard InChI is InChI=1S/C15H24N2O5S/c1-3-22-15(18)13-17(11-12-21-2)10-9-16-23(19,20)14-7-5-4-6-8-14/h4-8,16H,3,9-13H2,1-2H3. The maximum atomic E-state index is 12.1. The van der Waals surface area contributed by atoms with Crippen molar-refractivity contribution in [2.24, 2.45) is 0 Å². The van der Waals surface area contributed by atoms with E-state index in [1.54, 1.807) is 37.1 Å². The predicted molar refractivity (Wildman–Crippen MR) is 86.6 cm³/mol. The van der Waals surface area contributed by atoms with E-state index in [1.165, 1.54) is 12.1 Å². The third-order valence-electron chi connectivity index (χ3n) is 3.04. The topological polar surface area (TPSA) is 84.9 Å². The number of nitrogens with one attached hydrogen (secondary N) is 1. The highest BCUT2D eigenvalue weighted by atomic mass is 32.2. The molecule has 0 spiro atoms. The van der Waals surface area contributed by atoms with E-state index >= 15 is 0 Å². The Labute approximate surface area is 137 Å². The quantitative estimate of drug-likeness (QED) is 0.588. The number of hydrogen-bond acceptors (Lipinski definition) is 6. The molecule has 1 N–H and O–H groups in total. The minimum Gasteiger partial charge on any atom is -0.465 e. The minimum absolute atomic E-state index is 0.101. The SMILES string of the molecule is CCOC(=O)CN(CCNS(=O)(=O)c1ccccc1)CCOC. The molecule has 0 saturated carbocycles. The molecule has 0 aliphatic rings. The molecule has 1 aromatic rings. The number of methoxy groups -OCH3 is 1. The molecular weight excluding hydrogens is 320 g/mol. The number of hydrogen-bond donors (Lipinski definition) is 1. The number of benzene rings is 1. The van der Waals surface area contributed by atoms with Crippen LogP contribution in [-0.2, 0) is 24.3 Å². The Morgan fingerprint density at radius 3 is 2.52 bits per heavy atom. The second kappa shape index (κ2) is 10.3. The van der Waals surface area contributed by atoms with Crippen molar-refractivity contribution in [3.05, 3.63) is 30.3 Å². The van der Waals surface area contributed by atoms with Crippen LogP contribution in [0.15, 0.2) is 35.2 Å². The summed E-state index contributed by atoms with van der Waals surface area (Å²) in [5.74, 6) is -0.338. The molecule has 0 aromatic heterocycles. The summed E-state index contributed by atoms with van der Waals surface area (Å²) in [5.41, 5.74) is 0. The summed E-state index contributed by atoms with van der Waals surface area (Å²) in [7, 11) is -1.97. The fourth-order valence-corrected chi connectivity index (χ4v) is 2.94. The minimum atomic E-state index is -3.54. The number of rotatable bonds is 11. The lowest BCUT2D eigenvalue weighted by molar-refractivity contribution is -0.144. The number of carbonyl (C=O) groups is 1. The van der Waals surface area contributed by atoms with Crippen LogP contribution in [0.5, 0.6) is 0 Å². The Hall–Kier alpha value is -1.48. The van der Waals surface area contributed by atoms with Crippen LogP contribution >= 0.6 is 0 Å². The van der Waals surface area contributed by atoms with Crippen LogP contribution in [0.2, 0.25) is 0 Å². The molecule has 1 aromatic carbocycles. The zero-order chi connectivity index (χ0) is 17.1. The summed E-state index contributed by atoms with van der Waals surface area (Å²) in [6, 6.07) is 8.15. The maximum absolute atomic E-state index is 12.1. The first kappa shape index (κ1) is 19.6. The van der Waals surface area contributed by atoms with E-state index in [2.05, 4.69) is 4.72 Å². The van der Waals surface area contributed by atoms with Gasteiger partial charge in [0.2, 0.25) is 10.0 Å². The van der Waals surface area contributed by atoms with E-state index in [-0.39, 0.29) is 24.0 Å². The smallest absolute Gasteiger partial charge is 0.320 e. The second-order valence-electron chi connectivity index (χ2n) is 4.78. The largest absolute Gasteiger partial charge is 0.465 e. The summed E-state index contributed by atoms with van der Waals surface area (Å²) in [5, 5.41) is 0. The number of ether oxygens (including phenoxy) is 2. The molecule has 1 rings (SSSR count). The average molecular weight is 344 g/mol. The predicted octanol–water partition coefficient (Wildman–Crippen LogP) is 0.476. The summed E-state index contributed by atoms with van der Waals surface area (Å²) >= 11 is 0. The summed E-state index contributed by atoms with van der Waals surface area (Å²) in [6.07, 6.45) is 0. The summed E-state index contributed by atoms with van der Waals surface area (Å²) in [4.78, 5) is 13.6. The van der Waals surface area contributed by atoms with E-state index in [9.17, 15) is 13.2 Å². The van der Waals surface area contributed by atoms with Crippen LogP contribution in [0.4, 0.5) is 0 Å². The Morgan fingerprint density at radius 1 is 1.22 bits per heavy atom. The van der Waals surface area contributed by atoms with E-state index in [0.29, 0.717) is 26.3 Å². The van der Waals surface area contributed by atoms with Gasteiger partial charge in [0.25, 0.3) is 0 Å². The fraction of sp³-hybridized carbons (Fsp3) is 0.533. The van der Waals surface area contributed by atoms with Crippen molar-refractivity contribution >= 4 is 16.0 Å². The Bertz CT molecular complexity index is 562. The maximum Gasteiger partial charge on any atom is 0.320 e. The molecule has 130 valence electrons. The summed E-state index contributed by atoms with van der Waals surface area (Å²) in [6.45, 7) is 3.70. The molecule has 0 aliphatic heterocycles. The number of carbonyl (C=O) groups excluding carboxylic acids is 1. The van der Waals surface area contributed by atoms with Gasteiger partial charge in [0.15, 0.2) is 0 Å². The van der Waals surface area contributed by atoms with E-state index < -0.39 is 10.0 Å². The summed E-state index contributed by atoms with van der Waals surface area (Å²) < 4.78 is 36.6. The third kappa shape index (κ3) is 7.56. The van der Waals surface area contributed by atoms with Crippen molar-refractivity contribution in [2.45, 2.75) is 11.8 Å². The average Bonchev–Trinajstić information content (AvgIpc) is 2.53. The third-order valence-corrected chi connectivity index (χ3v) is 4.52. The molecule has 0 amide bonds. The lowest BCUT2D eigenvalue weighted by atomic mass is 10.4. The van der Waals surface area contributed by atoms with Crippen molar-refractivity contribution < 1.29 is 22.7 Å². The molecule has 7 nitrogen and oxygen atoms in total. The molecule has 0 fully saturated rings. The van der Waals surface area contributed by atoms with E-state index in [1.807, 2.05) is 0 Å². The van der Waals surface area contributed by atoms with Gasteiger partial charge in [-0.15, -0.1) is 0 Å². The highest BCUT2D eigenvalue weighted by molar-refractivity contribution is 7.89. The molecule has 0 saturated heterocycles. The van der Waals surface area contributed by atoms with Crippen LogP contribution in [-0.4, -0.2) is 65.8 Å². The first-order chi connectivity index (χ1) is 11.0. The molecule has 8 heteroatoms. The molecule has 0 unspecified atom stereocenters. The monoisotopic (exact) mass is 344 g/mol. The lowest BCUT2D eigenvalue weighted by Crippen LogP contribution is -2.39. The molecule has 0 radical (unpaired) electrons. The first-order valence-electron chi connectivity index (χ1n) is 7.41. The van der Waals surface area contributed by atoms with Crippen molar-refractivity contribution in [1.82, 2.24) is 9.62 Å². The lowest BCUT2D eigenvalue weighted by Gasteiger charge is -2.21. The fourth-order valence-electron chi connectivity index (χ4n) is 1.90. The van der Waals surface area contributed by atoms with Gasteiger partial charge in [-0.25, -0.2) is 13.1 Å². The number of esters is 1. The molecular formula is C15H24N2O5S. The molecule has 23 heavy (non-hydrogen) atoms. The number of sulfonamides is 1. The molecule has 0 aliphatic carbocycles. The van der Waals surface area contributed by atoms with Crippen LogP contribution in [0, 0.1) is 0 Å². The van der Waals surface area contributed by atoms with Gasteiger partial charge in [0.05, 0.1) is 24.7 Å². The Balaban J connectivity index is 2.52. The van der Waals surface area contributed by atoms with Gasteiger partial charge in [0, 0.05) is 26.7 Å². The highest BCUT2D eigenvalue weighted by Crippen LogP contribution is 2.06. The van der Waals surface area contributed by atoms with Gasteiger partial charge in [0.1, 0.15) is 0 Å². The van der Waals surface area contributed by atoms with Gasteiger partial charge in [-0.05, 0) is 19.1 Å². The zero-order valence-corrected chi connectivity index (χ0v) is 14.3. The van der Waals surface area contributed by atoms with Gasteiger partial charge in [-0.3, -0.25) is 9.69 Å². The van der Waals surface area contributed by atoms with Gasteiger partial charge < -0.3 is 9.47 Å². The van der Waals surface area contributed by atoms with Crippen molar-refractivity contribution in [1.29, 1.82) is 0 Å². The van der Waals surface area contributed by atoms with Crippen molar-refractivity contribution in [3.63, 3.8) is 0 Å². The van der Waals surface area contributed by atoms with Crippen LogP contribution in [0.1, 0.15) is 6.92 Å². The molecule has 0 heterocycles. The normalized spacial score (nSPS) is 11.6. The van der Waals surface area contributed by atoms with Gasteiger partial charge in [-0.1, -0.05) is 18.2 Å². The second-order valence-corrected chi connectivity index (χ2v) is 6.55. The first-order valence-corrected chi connectivity index (χ1v) is 8.89. The highest BCUT2D eigenvalue weighted by Gasteiger charge is 2.15. The van der Waals surface area contributed by atoms with Gasteiger partial charge in [-0.2, -0.15) is 0 Å². The van der Waals surface area contributed by atoms with E-state index in [4.69, 9.17) is 9.47 Å². The number of nitrogens with zero attached hydrogens (tertiary/aromatic N) is 1. The van der Waals surface area contributed by atoms with Crippen LogP contribution in [0.25, 0.3) is 0 Å². The zero-order valence-electron chi connectivity index (χ0n) is 13.5. The van der Waals surface area contributed by atoms with Gasteiger partial charge >= 0.3 is 5.97 Å². The Morgan fingerprint density at radius 2 is 1.91 bits per heavy atom.